The standard InChI is InChI=1S/C13H16N6/c1-9(8-19-6-2-5-15-19)16-13-17-11-4-3-10(14)7-12(11)18-13/h2-7,9H,8,14H2,1H3,(H2,16,17,18). The molecule has 6 heteroatoms. The van der Waals surface area contributed by atoms with E-state index >= 15 is 0 Å². The molecular formula is C13H16N6. The van der Waals surface area contributed by atoms with Crippen LogP contribution in [-0.2, 0) is 6.54 Å². The van der Waals surface area contributed by atoms with Crippen molar-refractivity contribution in [2.45, 2.75) is 19.5 Å². The van der Waals surface area contributed by atoms with Crippen LogP contribution in [0, 0.1) is 0 Å². The number of nitrogens with zero attached hydrogens (tertiary/aromatic N) is 3. The van der Waals surface area contributed by atoms with Gasteiger partial charge in [0.15, 0.2) is 0 Å². The third-order valence-corrected chi connectivity index (χ3v) is 2.91. The third kappa shape index (κ3) is 2.52. The quantitative estimate of drug-likeness (QED) is 0.622. The van der Waals surface area contributed by atoms with Gasteiger partial charge in [0.2, 0.25) is 5.95 Å². The summed E-state index contributed by atoms with van der Waals surface area (Å²) in [5.41, 5.74) is 8.32. The van der Waals surface area contributed by atoms with Crippen LogP contribution in [0.5, 0.6) is 0 Å². The van der Waals surface area contributed by atoms with E-state index in [1.165, 1.54) is 0 Å². The number of H-pyrrole nitrogens is 1. The third-order valence-electron chi connectivity index (χ3n) is 2.91. The van der Waals surface area contributed by atoms with E-state index in [-0.39, 0.29) is 6.04 Å². The van der Waals surface area contributed by atoms with Gasteiger partial charge in [-0.15, -0.1) is 0 Å². The Kier molecular flexibility index (Phi) is 2.83. The summed E-state index contributed by atoms with van der Waals surface area (Å²) >= 11 is 0. The normalized spacial score (nSPS) is 12.7. The fourth-order valence-corrected chi connectivity index (χ4v) is 2.06. The molecule has 0 aliphatic carbocycles. The van der Waals surface area contributed by atoms with Crippen molar-refractivity contribution in [1.29, 1.82) is 0 Å². The summed E-state index contributed by atoms with van der Waals surface area (Å²) in [6, 6.07) is 7.77. The van der Waals surface area contributed by atoms with E-state index in [4.69, 9.17) is 5.73 Å². The van der Waals surface area contributed by atoms with Gasteiger partial charge in [0, 0.05) is 24.1 Å². The monoisotopic (exact) mass is 256 g/mol. The Morgan fingerprint density at radius 3 is 3.16 bits per heavy atom. The maximum absolute atomic E-state index is 5.74. The molecule has 2 aromatic heterocycles. The molecule has 0 fully saturated rings. The molecule has 1 aromatic carbocycles. The lowest BCUT2D eigenvalue weighted by molar-refractivity contribution is 0.559. The zero-order valence-corrected chi connectivity index (χ0v) is 10.7. The number of fused-ring (bicyclic) bond motifs is 1. The first-order valence-electron chi connectivity index (χ1n) is 6.20. The van der Waals surface area contributed by atoms with Gasteiger partial charge >= 0.3 is 0 Å². The molecule has 19 heavy (non-hydrogen) atoms. The van der Waals surface area contributed by atoms with Gasteiger partial charge in [0.05, 0.1) is 17.6 Å². The molecule has 0 saturated carbocycles. The number of nitrogens with one attached hydrogen (secondary N) is 2. The maximum Gasteiger partial charge on any atom is 0.201 e. The fraction of sp³-hybridized carbons (Fsp3) is 0.231. The zero-order valence-electron chi connectivity index (χ0n) is 10.7. The van der Waals surface area contributed by atoms with Crippen LogP contribution in [0.3, 0.4) is 0 Å². The molecule has 2 heterocycles. The summed E-state index contributed by atoms with van der Waals surface area (Å²) in [4.78, 5) is 7.69. The van der Waals surface area contributed by atoms with Crippen LogP contribution in [0.2, 0.25) is 0 Å². The molecule has 0 spiro atoms. The lowest BCUT2D eigenvalue weighted by Gasteiger charge is -2.12. The Morgan fingerprint density at radius 2 is 2.37 bits per heavy atom. The van der Waals surface area contributed by atoms with Crippen LogP contribution < -0.4 is 11.1 Å². The molecule has 0 radical (unpaired) electrons. The molecule has 0 aliphatic rings. The first-order valence-corrected chi connectivity index (χ1v) is 6.20. The van der Waals surface area contributed by atoms with Gasteiger partial charge in [-0.25, -0.2) is 4.98 Å². The summed E-state index contributed by atoms with van der Waals surface area (Å²) in [5.74, 6) is 0.750. The first kappa shape index (κ1) is 11.6. The smallest absolute Gasteiger partial charge is 0.201 e. The first-order chi connectivity index (χ1) is 9.20. The molecule has 0 amide bonds. The Morgan fingerprint density at radius 1 is 1.47 bits per heavy atom. The van der Waals surface area contributed by atoms with Gasteiger partial charge in [-0.05, 0) is 31.2 Å². The van der Waals surface area contributed by atoms with Crippen molar-refractivity contribution < 1.29 is 0 Å². The van der Waals surface area contributed by atoms with Crippen molar-refractivity contribution in [3.05, 3.63) is 36.7 Å². The van der Waals surface area contributed by atoms with Gasteiger partial charge in [0.25, 0.3) is 0 Å². The average molecular weight is 256 g/mol. The number of aromatic nitrogens is 4. The van der Waals surface area contributed by atoms with Gasteiger partial charge < -0.3 is 16.0 Å². The lowest BCUT2D eigenvalue weighted by Crippen LogP contribution is -2.22. The molecule has 3 aromatic rings. The van der Waals surface area contributed by atoms with Crippen LogP contribution >= 0.6 is 0 Å². The minimum Gasteiger partial charge on any atom is -0.399 e. The summed E-state index contributed by atoms with van der Waals surface area (Å²) < 4.78 is 1.89. The number of nitrogens with two attached hydrogens (primary N) is 1. The molecular weight excluding hydrogens is 240 g/mol. The number of hydrogen-bond acceptors (Lipinski definition) is 4. The SMILES string of the molecule is CC(Cn1cccn1)Nc1nc2ccc(N)cc2[nH]1. The average Bonchev–Trinajstić information content (AvgIpc) is 2.97. The molecule has 6 nitrogen and oxygen atoms in total. The lowest BCUT2D eigenvalue weighted by atomic mass is 10.3. The molecule has 1 unspecified atom stereocenters. The second-order valence-corrected chi connectivity index (χ2v) is 4.64. The van der Waals surface area contributed by atoms with Crippen molar-refractivity contribution in [3.63, 3.8) is 0 Å². The van der Waals surface area contributed by atoms with Crippen molar-refractivity contribution >= 4 is 22.7 Å². The van der Waals surface area contributed by atoms with Crippen LogP contribution in [-0.4, -0.2) is 25.8 Å². The summed E-state index contributed by atoms with van der Waals surface area (Å²) in [7, 11) is 0. The Labute approximate surface area is 110 Å². The molecule has 3 rings (SSSR count). The highest BCUT2D eigenvalue weighted by Crippen LogP contribution is 2.17. The van der Waals surface area contributed by atoms with Crippen LogP contribution in [0.15, 0.2) is 36.7 Å². The number of nitrogen functional groups attached to an aromatic ring is 1. The maximum atomic E-state index is 5.74. The van der Waals surface area contributed by atoms with E-state index in [1.807, 2.05) is 35.1 Å². The zero-order chi connectivity index (χ0) is 13.2. The number of anilines is 2. The largest absolute Gasteiger partial charge is 0.399 e. The van der Waals surface area contributed by atoms with Crippen LogP contribution in [0.25, 0.3) is 11.0 Å². The van der Waals surface area contributed by atoms with Crippen molar-refractivity contribution in [2.24, 2.45) is 0 Å². The van der Waals surface area contributed by atoms with Gasteiger partial charge in [-0.2, -0.15) is 5.10 Å². The highest BCUT2D eigenvalue weighted by Gasteiger charge is 2.07. The van der Waals surface area contributed by atoms with E-state index in [9.17, 15) is 0 Å². The van der Waals surface area contributed by atoms with Crippen molar-refractivity contribution in [1.82, 2.24) is 19.7 Å². The molecule has 0 aliphatic heterocycles. The summed E-state index contributed by atoms with van der Waals surface area (Å²) in [6.07, 6.45) is 3.72. The molecule has 98 valence electrons. The number of rotatable bonds is 4. The molecule has 1 atom stereocenters. The van der Waals surface area contributed by atoms with E-state index in [0.29, 0.717) is 0 Å². The molecule has 0 bridgehead atoms. The van der Waals surface area contributed by atoms with Gasteiger partial charge in [-0.1, -0.05) is 0 Å². The number of benzene rings is 1. The Hall–Kier alpha value is -2.50. The Bertz CT molecular complexity index is 670. The topological polar surface area (TPSA) is 84.6 Å². The van der Waals surface area contributed by atoms with E-state index in [2.05, 4.69) is 27.3 Å². The minimum absolute atomic E-state index is 0.220. The number of hydrogen-bond donors (Lipinski definition) is 3. The highest BCUT2D eigenvalue weighted by molar-refractivity contribution is 5.80. The summed E-state index contributed by atoms with van der Waals surface area (Å²) in [6.45, 7) is 2.87. The highest BCUT2D eigenvalue weighted by atomic mass is 15.3. The second kappa shape index (κ2) is 4.64. The minimum atomic E-state index is 0.220. The van der Waals surface area contributed by atoms with Crippen LogP contribution in [0.4, 0.5) is 11.6 Å². The fourth-order valence-electron chi connectivity index (χ4n) is 2.06. The second-order valence-electron chi connectivity index (χ2n) is 4.64. The van der Waals surface area contributed by atoms with Crippen molar-refractivity contribution in [3.8, 4) is 0 Å². The van der Waals surface area contributed by atoms with E-state index in [0.717, 1.165) is 29.2 Å². The predicted octanol–water partition coefficient (Wildman–Crippen LogP) is 1.84. The van der Waals surface area contributed by atoms with E-state index < -0.39 is 0 Å². The number of aromatic amines is 1. The van der Waals surface area contributed by atoms with Gasteiger partial charge in [-0.3, -0.25) is 4.68 Å². The predicted molar refractivity (Wildman–Crippen MR) is 75.8 cm³/mol. The van der Waals surface area contributed by atoms with Gasteiger partial charge in [0.1, 0.15) is 0 Å². The molecule has 0 saturated heterocycles. The molecule has 4 N–H and O–H groups in total. The van der Waals surface area contributed by atoms with Crippen LogP contribution in [0.1, 0.15) is 6.92 Å². The Balaban J connectivity index is 1.74. The summed E-state index contributed by atoms with van der Waals surface area (Å²) in [5, 5.41) is 7.50. The van der Waals surface area contributed by atoms with E-state index in [1.54, 1.807) is 6.20 Å². The van der Waals surface area contributed by atoms with Crippen molar-refractivity contribution in [2.75, 3.05) is 11.1 Å². The number of imidazole rings is 1.